The third kappa shape index (κ3) is 4.29. The second-order valence-electron chi connectivity index (χ2n) is 3.96. The molecule has 1 nitrogen and oxygen atoms in total. The van der Waals surface area contributed by atoms with Crippen molar-refractivity contribution in [2.45, 2.75) is 25.5 Å². The highest BCUT2D eigenvalue weighted by Crippen LogP contribution is 2.24. The highest BCUT2D eigenvalue weighted by molar-refractivity contribution is 9.10. The molecule has 0 fully saturated rings. The molecule has 0 saturated heterocycles. The van der Waals surface area contributed by atoms with Crippen molar-refractivity contribution in [2.75, 3.05) is 0 Å². The lowest BCUT2D eigenvalue weighted by molar-refractivity contribution is 0.804. The summed E-state index contributed by atoms with van der Waals surface area (Å²) in [6.07, 6.45) is 1.89. The molecule has 0 amide bonds. The van der Waals surface area contributed by atoms with Gasteiger partial charge in [-0.3, -0.25) is 0 Å². The second-order valence-corrected chi connectivity index (χ2v) is 6.43. The molecule has 14 heavy (non-hydrogen) atoms. The van der Waals surface area contributed by atoms with Gasteiger partial charge in [0.2, 0.25) is 0 Å². The summed E-state index contributed by atoms with van der Waals surface area (Å²) in [5, 5.41) is 0. The van der Waals surface area contributed by atoms with Gasteiger partial charge in [-0.2, -0.15) is 0 Å². The molecule has 0 N–H and O–H groups in total. The fraction of sp³-hybridized carbons (Fsp3) is 0.364. The maximum absolute atomic E-state index is 4.34. The first kappa shape index (κ1) is 11.8. The lowest BCUT2D eigenvalue weighted by Gasteiger charge is -2.12. The van der Waals surface area contributed by atoms with E-state index < -0.39 is 0 Å². The Hall–Kier alpha value is -0.280. The standard InChI is InChI=1S/C11H14BrNS/c1-11(2,3)14-13-8-9-6-4-5-7-10(9)12/h4-8H,1-3H3. The van der Waals surface area contributed by atoms with Gasteiger partial charge in [0.25, 0.3) is 0 Å². The third-order valence-corrected chi connectivity index (χ3v) is 2.90. The maximum Gasteiger partial charge on any atom is 0.0435 e. The zero-order valence-corrected chi connectivity index (χ0v) is 11.0. The average Bonchev–Trinajstić information content (AvgIpc) is 2.06. The first-order chi connectivity index (χ1) is 6.49. The lowest BCUT2D eigenvalue weighted by atomic mass is 10.2. The molecule has 1 aromatic carbocycles. The molecule has 1 aromatic rings. The Morgan fingerprint density at radius 2 is 1.93 bits per heavy atom. The normalized spacial score (nSPS) is 12.3. The van der Waals surface area contributed by atoms with Gasteiger partial charge in [-0.25, -0.2) is 4.40 Å². The fourth-order valence-electron chi connectivity index (χ4n) is 0.821. The topological polar surface area (TPSA) is 12.4 Å². The van der Waals surface area contributed by atoms with Crippen LogP contribution in [0.25, 0.3) is 0 Å². The Kier molecular flexibility index (Phi) is 4.20. The quantitative estimate of drug-likeness (QED) is 0.577. The van der Waals surface area contributed by atoms with Gasteiger partial charge in [-0.1, -0.05) is 34.1 Å². The Morgan fingerprint density at radius 3 is 2.50 bits per heavy atom. The van der Waals surface area contributed by atoms with Gasteiger partial charge < -0.3 is 0 Å². The van der Waals surface area contributed by atoms with Crippen LogP contribution in [0.4, 0.5) is 0 Å². The molecular formula is C11H14BrNS. The van der Waals surface area contributed by atoms with Crippen LogP contribution in [0.15, 0.2) is 33.1 Å². The average molecular weight is 272 g/mol. The SMILES string of the molecule is CC(C)(C)SN=Cc1ccccc1Br. The van der Waals surface area contributed by atoms with Gasteiger partial charge in [0, 0.05) is 21.0 Å². The van der Waals surface area contributed by atoms with Crippen molar-refractivity contribution in [1.82, 2.24) is 0 Å². The highest BCUT2D eigenvalue weighted by Gasteiger charge is 2.08. The number of hydrogen-bond acceptors (Lipinski definition) is 2. The van der Waals surface area contributed by atoms with Crippen LogP contribution >= 0.6 is 27.9 Å². The molecule has 0 bridgehead atoms. The largest absolute Gasteiger partial charge is 0.223 e. The Bertz CT molecular complexity index is 328. The zero-order chi connectivity index (χ0) is 10.6. The summed E-state index contributed by atoms with van der Waals surface area (Å²) < 4.78 is 5.60. The van der Waals surface area contributed by atoms with Crippen LogP contribution in [0.1, 0.15) is 26.3 Å². The molecule has 0 unspecified atom stereocenters. The summed E-state index contributed by atoms with van der Waals surface area (Å²) in [5.74, 6) is 0. The third-order valence-electron chi connectivity index (χ3n) is 1.42. The van der Waals surface area contributed by atoms with E-state index >= 15 is 0 Å². The van der Waals surface area contributed by atoms with Crippen LogP contribution in [0.2, 0.25) is 0 Å². The predicted octanol–water partition coefficient (Wildman–Crippen LogP) is 4.31. The number of hydrogen-bond donors (Lipinski definition) is 0. The van der Waals surface area contributed by atoms with E-state index in [9.17, 15) is 0 Å². The molecule has 76 valence electrons. The van der Waals surface area contributed by atoms with E-state index in [2.05, 4.69) is 41.1 Å². The minimum absolute atomic E-state index is 0.178. The summed E-state index contributed by atoms with van der Waals surface area (Å²) in [7, 11) is 0. The van der Waals surface area contributed by atoms with Gasteiger partial charge in [0.1, 0.15) is 0 Å². The number of halogens is 1. The van der Waals surface area contributed by atoms with E-state index in [1.165, 1.54) is 0 Å². The van der Waals surface area contributed by atoms with Crippen LogP contribution in [0, 0.1) is 0 Å². The number of rotatable bonds is 2. The Morgan fingerprint density at radius 1 is 1.29 bits per heavy atom. The number of benzene rings is 1. The molecule has 3 heteroatoms. The molecular weight excluding hydrogens is 258 g/mol. The van der Waals surface area contributed by atoms with Crippen LogP contribution in [-0.2, 0) is 0 Å². The zero-order valence-electron chi connectivity index (χ0n) is 8.62. The van der Waals surface area contributed by atoms with Gasteiger partial charge in [0.15, 0.2) is 0 Å². The highest BCUT2D eigenvalue weighted by atomic mass is 79.9. The summed E-state index contributed by atoms with van der Waals surface area (Å²) in [4.78, 5) is 0. The van der Waals surface area contributed by atoms with Crippen molar-refractivity contribution < 1.29 is 0 Å². The van der Waals surface area contributed by atoms with Crippen LogP contribution in [0.3, 0.4) is 0 Å². The molecule has 0 aliphatic heterocycles. The Balaban J connectivity index is 2.65. The van der Waals surface area contributed by atoms with Gasteiger partial charge in [-0.05, 0) is 38.8 Å². The Labute approximate surface area is 98.3 Å². The van der Waals surface area contributed by atoms with Crippen LogP contribution in [-0.4, -0.2) is 11.0 Å². The molecule has 0 aromatic heterocycles. The first-order valence-corrected chi connectivity index (χ1v) is 6.02. The minimum Gasteiger partial charge on any atom is -0.223 e. The monoisotopic (exact) mass is 271 g/mol. The van der Waals surface area contributed by atoms with Crippen LogP contribution < -0.4 is 0 Å². The van der Waals surface area contributed by atoms with Crippen molar-refractivity contribution in [3.05, 3.63) is 34.3 Å². The molecule has 0 aliphatic rings. The van der Waals surface area contributed by atoms with E-state index in [0.717, 1.165) is 10.0 Å². The molecule has 0 saturated carbocycles. The van der Waals surface area contributed by atoms with E-state index in [0.29, 0.717) is 0 Å². The summed E-state index contributed by atoms with van der Waals surface area (Å²) >= 11 is 5.06. The fourth-order valence-corrected chi connectivity index (χ4v) is 1.69. The molecule has 0 aliphatic carbocycles. The predicted molar refractivity (Wildman–Crippen MR) is 69.1 cm³/mol. The van der Waals surface area contributed by atoms with Crippen molar-refractivity contribution in [3.8, 4) is 0 Å². The van der Waals surface area contributed by atoms with Gasteiger partial charge >= 0.3 is 0 Å². The molecule has 1 rings (SSSR count). The summed E-state index contributed by atoms with van der Waals surface area (Å²) in [6, 6.07) is 8.06. The summed E-state index contributed by atoms with van der Waals surface area (Å²) in [6.45, 7) is 6.44. The van der Waals surface area contributed by atoms with Gasteiger partial charge in [0.05, 0.1) is 0 Å². The minimum atomic E-state index is 0.178. The van der Waals surface area contributed by atoms with E-state index in [1.54, 1.807) is 11.9 Å². The van der Waals surface area contributed by atoms with Crippen LogP contribution in [0.5, 0.6) is 0 Å². The molecule has 0 atom stereocenters. The summed E-state index contributed by atoms with van der Waals surface area (Å²) in [5.41, 5.74) is 1.12. The first-order valence-electron chi connectivity index (χ1n) is 4.45. The van der Waals surface area contributed by atoms with E-state index in [4.69, 9.17) is 0 Å². The molecule has 0 spiro atoms. The maximum atomic E-state index is 4.34. The second kappa shape index (κ2) is 4.99. The lowest BCUT2D eigenvalue weighted by Crippen LogP contribution is -2.04. The molecule has 0 heterocycles. The smallest absolute Gasteiger partial charge is 0.0435 e. The van der Waals surface area contributed by atoms with Crippen molar-refractivity contribution in [2.24, 2.45) is 4.40 Å². The van der Waals surface area contributed by atoms with Crippen molar-refractivity contribution in [3.63, 3.8) is 0 Å². The van der Waals surface area contributed by atoms with Crippen molar-refractivity contribution in [1.29, 1.82) is 0 Å². The van der Waals surface area contributed by atoms with E-state index in [1.807, 2.05) is 30.5 Å². The van der Waals surface area contributed by atoms with Crippen molar-refractivity contribution >= 4 is 34.1 Å². The van der Waals surface area contributed by atoms with Gasteiger partial charge in [-0.15, -0.1) is 0 Å². The molecule has 0 radical (unpaired) electrons. The number of nitrogens with zero attached hydrogens (tertiary/aromatic N) is 1. The van der Waals surface area contributed by atoms with E-state index in [-0.39, 0.29) is 4.75 Å².